The van der Waals surface area contributed by atoms with E-state index in [1.54, 1.807) is 0 Å². The summed E-state index contributed by atoms with van der Waals surface area (Å²) in [5, 5.41) is 4.56. The minimum Gasteiger partial charge on any atom is -0.461 e. The SMILES string of the molecule is Cc1c(CN=[N+]=[N-])oc2ccccc12. The molecule has 4 nitrogen and oxygen atoms in total. The van der Waals surface area contributed by atoms with E-state index in [9.17, 15) is 0 Å². The lowest BCUT2D eigenvalue weighted by molar-refractivity contribution is 0.548. The fourth-order valence-electron chi connectivity index (χ4n) is 1.47. The molecule has 1 heterocycles. The number of benzene rings is 1. The molecular weight excluding hydrogens is 178 g/mol. The highest BCUT2D eigenvalue weighted by Crippen LogP contribution is 2.25. The zero-order valence-corrected chi connectivity index (χ0v) is 7.77. The zero-order chi connectivity index (χ0) is 9.97. The molecule has 0 bridgehead atoms. The standard InChI is InChI=1S/C10H9N3O/c1-7-8-4-2-3-5-9(8)14-10(7)6-12-13-11/h2-5H,6H2,1H3. The molecule has 0 radical (unpaired) electrons. The maximum absolute atomic E-state index is 8.21. The van der Waals surface area contributed by atoms with Crippen LogP contribution in [0.3, 0.4) is 0 Å². The summed E-state index contributed by atoms with van der Waals surface area (Å²) in [5.74, 6) is 0.740. The van der Waals surface area contributed by atoms with E-state index >= 15 is 0 Å². The summed E-state index contributed by atoms with van der Waals surface area (Å²) >= 11 is 0. The summed E-state index contributed by atoms with van der Waals surface area (Å²) in [6.45, 7) is 2.24. The highest BCUT2D eigenvalue weighted by molar-refractivity contribution is 5.81. The fourth-order valence-corrected chi connectivity index (χ4v) is 1.47. The van der Waals surface area contributed by atoms with E-state index in [1.165, 1.54) is 0 Å². The molecule has 2 aromatic rings. The van der Waals surface area contributed by atoms with Crippen LogP contribution in [-0.4, -0.2) is 0 Å². The Balaban J connectivity index is 2.56. The van der Waals surface area contributed by atoms with Crippen molar-refractivity contribution in [1.82, 2.24) is 0 Å². The molecule has 0 aliphatic rings. The van der Waals surface area contributed by atoms with Crippen molar-refractivity contribution in [2.75, 3.05) is 0 Å². The molecule has 0 aliphatic heterocycles. The molecule has 0 saturated carbocycles. The first kappa shape index (κ1) is 8.66. The molecule has 0 spiro atoms. The van der Waals surface area contributed by atoms with Gasteiger partial charge in [0.25, 0.3) is 0 Å². The monoisotopic (exact) mass is 187 g/mol. The Labute approximate surface area is 80.8 Å². The van der Waals surface area contributed by atoms with Crippen molar-refractivity contribution < 1.29 is 4.42 Å². The lowest BCUT2D eigenvalue weighted by Gasteiger charge is -1.89. The second kappa shape index (κ2) is 3.44. The van der Waals surface area contributed by atoms with Gasteiger partial charge in [0, 0.05) is 10.3 Å². The summed E-state index contributed by atoms with van der Waals surface area (Å²) < 4.78 is 5.54. The summed E-state index contributed by atoms with van der Waals surface area (Å²) in [6, 6.07) is 7.78. The van der Waals surface area contributed by atoms with E-state index in [0.717, 1.165) is 22.3 Å². The van der Waals surface area contributed by atoms with E-state index in [-0.39, 0.29) is 6.54 Å². The Bertz CT molecular complexity index is 509. The number of fused-ring (bicyclic) bond motifs is 1. The normalized spacial score (nSPS) is 10.1. The smallest absolute Gasteiger partial charge is 0.134 e. The van der Waals surface area contributed by atoms with Gasteiger partial charge in [0.15, 0.2) is 0 Å². The largest absolute Gasteiger partial charge is 0.461 e. The molecule has 0 atom stereocenters. The van der Waals surface area contributed by atoms with E-state index in [4.69, 9.17) is 9.95 Å². The number of aryl methyl sites for hydroxylation is 1. The minimum atomic E-state index is 0.275. The van der Waals surface area contributed by atoms with E-state index in [1.807, 2.05) is 31.2 Å². The van der Waals surface area contributed by atoms with Crippen molar-refractivity contribution >= 4 is 11.0 Å². The molecule has 70 valence electrons. The van der Waals surface area contributed by atoms with Crippen LogP contribution < -0.4 is 0 Å². The Morgan fingerprint density at radius 1 is 1.43 bits per heavy atom. The van der Waals surface area contributed by atoms with E-state index in [0.29, 0.717) is 0 Å². The maximum Gasteiger partial charge on any atom is 0.134 e. The van der Waals surface area contributed by atoms with Crippen LogP contribution in [0.15, 0.2) is 33.8 Å². The number of rotatable bonds is 2. The third kappa shape index (κ3) is 1.32. The lowest BCUT2D eigenvalue weighted by atomic mass is 10.1. The molecule has 2 rings (SSSR count). The summed E-state index contributed by atoms with van der Waals surface area (Å²) in [5.41, 5.74) is 10.1. The predicted molar refractivity (Wildman–Crippen MR) is 53.8 cm³/mol. The quantitative estimate of drug-likeness (QED) is 0.402. The molecule has 0 saturated heterocycles. The van der Waals surface area contributed by atoms with Gasteiger partial charge >= 0.3 is 0 Å². The summed E-state index contributed by atoms with van der Waals surface area (Å²) in [4.78, 5) is 2.71. The van der Waals surface area contributed by atoms with Crippen LogP contribution >= 0.6 is 0 Å². The van der Waals surface area contributed by atoms with Gasteiger partial charge in [0.1, 0.15) is 11.3 Å². The van der Waals surface area contributed by atoms with Crippen molar-refractivity contribution in [3.8, 4) is 0 Å². The average Bonchev–Trinajstić information content (AvgIpc) is 2.54. The van der Waals surface area contributed by atoms with Crippen LogP contribution in [-0.2, 0) is 6.54 Å². The zero-order valence-electron chi connectivity index (χ0n) is 7.77. The minimum absolute atomic E-state index is 0.275. The number of hydrogen-bond donors (Lipinski definition) is 0. The van der Waals surface area contributed by atoms with E-state index < -0.39 is 0 Å². The second-order valence-corrected chi connectivity index (χ2v) is 3.04. The van der Waals surface area contributed by atoms with Crippen LogP contribution in [0.2, 0.25) is 0 Å². The van der Waals surface area contributed by atoms with Gasteiger partial charge in [-0.25, -0.2) is 0 Å². The van der Waals surface area contributed by atoms with Crippen molar-refractivity contribution in [3.63, 3.8) is 0 Å². The van der Waals surface area contributed by atoms with Gasteiger partial charge in [-0.2, -0.15) is 0 Å². The van der Waals surface area contributed by atoms with Crippen LogP contribution in [0.25, 0.3) is 21.4 Å². The molecule has 1 aromatic carbocycles. The highest BCUT2D eigenvalue weighted by atomic mass is 16.3. The number of furan rings is 1. The first-order chi connectivity index (χ1) is 6.83. The Morgan fingerprint density at radius 3 is 2.93 bits per heavy atom. The number of hydrogen-bond acceptors (Lipinski definition) is 2. The molecule has 0 aliphatic carbocycles. The molecule has 0 N–H and O–H groups in total. The molecule has 4 heteroatoms. The molecule has 0 unspecified atom stereocenters. The van der Waals surface area contributed by atoms with Gasteiger partial charge < -0.3 is 4.42 Å². The van der Waals surface area contributed by atoms with Crippen molar-refractivity contribution in [2.24, 2.45) is 5.11 Å². The maximum atomic E-state index is 8.21. The van der Waals surface area contributed by atoms with Crippen LogP contribution in [0.4, 0.5) is 0 Å². The number of para-hydroxylation sites is 1. The van der Waals surface area contributed by atoms with Gasteiger partial charge in [-0.3, -0.25) is 0 Å². The Hall–Kier alpha value is -1.93. The Morgan fingerprint density at radius 2 is 2.21 bits per heavy atom. The van der Waals surface area contributed by atoms with Gasteiger partial charge in [-0.1, -0.05) is 23.3 Å². The average molecular weight is 187 g/mol. The van der Waals surface area contributed by atoms with Crippen molar-refractivity contribution in [2.45, 2.75) is 13.5 Å². The molecule has 0 amide bonds. The predicted octanol–water partition coefficient (Wildman–Crippen LogP) is 3.55. The molecule has 1 aromatic heterocycles. The van der Waals surface area contributed by atoms with Crippen molar-refractivity contribution in [3.05, 3.63) is 46.0 Å². The highest BCUT2D eigenvalue weighted by Gasteiger charge is 2.07. The summed E-state index contributed by atoms with van der Waals surface area (Å²) in [6.07, 6.45) is 0. The number of nitrogens with zero attached hydrogens (tertiary/aromatic N) is 3. The molecular formula is C10H9N3O. The van der Waals surface area contributed by atoms with E-state index in [2.05, 4.69) is 10.0 Å². The number of azide groups is 1. The van der Waals surface area contributed by atoms with Gasteiger partial charge in [0.2, 0.25) is 0 Å². The van der Waals surface area contributed by atoms with Gasteiger partial charge in [0.05, 0.1) is 6.54 Å². The van der Waals surface area contributed by atoms with Crippen molar-refractivity contribution in [1.29, 1.82) is 0 Å². The van der Waals surface area contributed by atoms with Gasteiger partial charge in [-0.05, 0) is 24.1 Å². The van der Waals surface area contributed by atoms with Gasteiger partial charge in [-0.15, -0.1) is 0 Å². The molecule has 0 fully saturated rings. The first-order valence-electron chi connectivity index (χ1n) is 4.31. The lowest BCUT2D eigenvalue weighted by Crippen LogP contribution is -1.78. The molecule has 14 heavy (non-hydrogen) atoms. The topological polar surface area (TPSA) is 61.9 Å². The third-order valence-electron chi connectivity index (χ3n) is 2.22. The fraction of sp³-hybridized carbons (Fsp3) is 0.200. The third-order valence-corrected chi connectivity index (χ3v) is 2.22. The van der Waals surface area contributed by atoms with Crippen LogP contribution in [0.1, 0.15) is 11.3 Å². The second-order valence-electron chi connectivity index (χ2n) is 3.04. The first-order valence-corrected chi connectivity index (χ1v) is 4.31. The summed E-state index contributed by atoms with van der Waals surface area (Å²) in [7, 11) is 0. The van der Waals surface area contributed by atoms with Crippen LogP contribution in [0.5, 0.6) is 0 Å². The Kier molecular flexibility index (Phi) is 2.13. The van der Waals surface area contributed by atoms with Crippen LogP contribution in [0, 0.1) is 6.92 Å².